The summed E-state index contributed by atoms with van der Waals surface area (Å²) < 4.78 is 0. The summed E-state index contributed by atoms with van der Waals surface area (Å²) in [7, 11) is 0. The van der Waals surface area contributed by atoms with Gasteiger partial charge in [-0.15, -0.1) is 13.2 Å². The second-order valence-electron chi connectivity index (χ2n) is 10.6. The van der Waals surface area contributed by atoms with Gasteiger partial charge in [0.05, 0.1) is 0 Å². The van der Waals surface area contributed by atoms with Crippen LogP contribution in [0.4, 0.5) is 0 Å². The molecule has 0 saturated heterocycles. The van der Waals surface area contributed by atoms with E-state index in [9.17, 15) is 0 Å². The maximum atomic E-state index is 4.20. The molecule has 6 rings (SSSR count). The van der Waals surface area contributed by atoms with Crippen LogP contribution in [-0.2, 0) is 12.8 Å². The minimum absolute atomic E-state index is 0.334. The van der Waals surface area contributed by atoms with Crippen LogP contribution in [0.25, 0.3) is 39.6 Å². The molecule has 0 radical (unpaired) electrons. The first-order valence-electron chi connectivity index (χ1n) is 14.1. The summed E-state index contributed by atoms with van der Waals surface area (Å²) in [6.45, 7) is 12.2. The van der Waals surface area contributed by atoms with Crippen LogP contribution in [0.2, 0.25) is 0 Å². The Morgan fingerprint density at radius 1 is 0.897 bits per heavy atom. The van der Waals surface area contributed by atoms with Gasteiger partial charge < -0.3 is 0 Å². The lowest BCUT2D eigenvalue weighted by Gasteiger charge is -2.27. The van der Waals surface area contributed by atoms with Crippen molar-refractivity contribution in [2.24, 2.45) is 5.92 Å². The molecule has 4 aromatic carbocycles. The summed E-state index contributed by atoms with van der Waals surface area (Å²) in [5, 5.41) is 2.62. The second kappa shape index (κ2) is 12.1. The van der Waals surface area contributed by atoms with E-state index < -0.39 is 0 Å². The number of thiol groups is 1. The molecule has 0 heterocycles. The fourth-order valence-electron chi connectivity index (χ4n) is 5.81. The van der Waals surface area contributed by atoms with E-state index in [1.807, 2.05) is 0 Å². The van der Waals surface area contributed by atoms with E-state index in [-0.39, 0.29) is 0 Å². The van der Waals surface area contributed by atoms with Gasteiger partial charge in [0.2, 0.25) is 0 Å². The summed E-state index contributed by atoms with van der Waals surface area (Å²) in [6.07, 6.45) is 14.1. The summed E-state index contributed by atoms with van der Waals surface area (Å²) in [5.41, 5.74) is 12.4. The highest BCUT2D eigenvalue weighted by Gasteiger charge is 2.24. The van der Waals surface area contributed by atoms with Crippen molar-refractivity contribution in [1.82, 2.24) is 0 Å². The van der Waals surface area contributed by atoms with Crippen molar-refractivity contribution in [3.05, 3.63) is 138 Å². The van der Waals surface area contributed by atoms with E-state index in [0.29, 0.717) is 11.8 Å². The van der Waals surface area contributed by atoms with E-state index in [0.717, 1.165) is 18.6 Å². The normalized spacial score (nSPS) is 16.0. The maximum Gasteiger partial charge on any atom is 0.00799 e. The summed E-state index contributed by atoms with van der Waals surface area (Å²) in [5.74, 6) is 1.71. The minimum atomic E-state index is 0.334. The molecule has 0 aliphatic heterocycles. The van der Waals surface area contributed by atoms with Gasteiger partial charge in [-0.2, -0.15) is 12.6 Å². The predicted molar refractivity (Wildman–Crippen MR) is 177 cm³/mol. The van der Waals surface area contributed by atoms with E-state index in [4.69, 9.17) is 0 Å². The Kier molecular flexibility index (Phi) is 8.38. The fourth-order valence-corrected chi connectivity index (χ4v) is 5.81. The van der Waals surface area contributed by atoms with Crippen molar-refractivity contribution in [3.63, 3.8) is 0 Å². The Morgan fingerprint density at radius 3 is 2.28 bits per heavy atom. The van der Waals surface area contributed by atoms with Crippen molar-refractivity contribution in [3.8, 4) is 11.1 Å². The van der Waals surface area contributed by atoms with Crippen molar-refractivity contribution in [1.29, 1.82) is 0 Å². The Bertz CT molecular complexity index is 1560. The third-order valence-electron chi connectivity index (χ3n) is 8.24. The quantitative estimate of drug-likeness (QED) is 0.194. The Labute approximate surface area is 239 Å². The molecule has 0 amide bonds. The van der Waals surface area contributed by atoms with Crippen LogP contribution in [0.3, 0.4) is 0 Å². The van der Waals surface area contributed by atoms with Crippen LogP contribution in [0.5, 0.6) is 0 Å². The van der Waals surface area contributed by atoms with Crippen LogP contribution in [0, 0.1) is 5.92 Å². The van der Waals surface area contributed by atoms with Gasteiger partial charge in [-0.1, -0.05) is 105 Å². The SMILES string of the molecule is C=CC1Cc2ccc3c(c2C=C1c1ccc(C(C)CC)cc1)C=CCc1cc2ccccc2cc1-3.C=CCS. The Balaban J connectivity index is 0.000000723. The first-order valence-corrected chi connectivity index (χ1v) is 14.7. The van der Waals surface area contributed by atoms with Crippen LogP contribution in [0.1, 0.15) is 59.6 Å². The molecular weight excluding hydrogens is 488 g/mol. The molecule has 2 aliphatic rings. The Hall–Kier alpha value is -3.55. The smallest absolute Gasteiger partial charge is 0.00799 e. The third-order valence-corrected chi connectivity index (χ3v) is 8.50. The summed E-state index contributed by atoms with van der Waals surface area (Å²) in [4.78, 5) is 0. The molecule has 1 heteroatoms. The number of hydrogen-bond acceptors (Lipinski definition) is 1. The van der Waals surface area contributed by atoms with Crippen molar-refractivity contribution >= 4 is 41.1 Å². The molecule has 2 unspecified atom stereocenters. The third kappa shape index (κ3) is 5.47. The second-order valence-corrected chi connectivity index (χ2v) is 11.0. The lowest BCUT2D eigenvalue weighted by atomic mass is 9.77. The van der Waals surface area contributed by atoms with E-state index >= 15 is 0 Å². The number of allylic oxidation sites excluding steroid dienone is 3. The molecular formula is C38H38S. The van der Waals surface area contributed by atoms with Gasteiger partial charge in [-0.3, -0.25) is 0 Å². The molecule has 0 spiro atoms. The van der Waals surface area contributed by atoms with E-state index in [1.54, 1.807) is 6.08 Å². The van der Waals surface area contributed by atoms with Crippen molar-refractivity contribution < 1.29 is 0 Å². The molecule has 0 bridgehead atoms. The predicted octanol–water partition coefficient (Wildman–Crippen LogP) is 10.6. The van der Waals surface area contributed by atoms with Gasteiger partial charge in [0.25, 0.3) is 0 Å². The molecule has 0 N–H and O–H groups in total. The minimum Gasteiger partial charge on any atom is -0.175 e. The zero-order chi connectivity index (χ0) is 27.4. The average molecular weight is 527 g/mol. The number of benzene rings is 4. The first kappa shape index (κ1) is 27.0. The molecule has 0 fully saturated rings. The monoisotopic (exact) mass is 526 g/mol. The maximum absolute atomic E-state index is 4.20. The van der Waals surface area contributed by atoms with Gasteiger partial charge in [0.1, 0.15) is 0 Å². The molecule has 2 aliphatic carbocycles. The number of rotatable bonds is 5. The van der Waals surface area contributed by atoms with Gasteiger partial charge in [0.15, 0.2) is 0 Å². The largest absolute Gasteiger partial charge is 0.175 e. The van der Waals surface area contributed by atoms with E-state index in [2.05, 4.69) is 137 Å². The molecule has 0 saturated carbocycles. The zero-order valence-corrected chi connectivity index (χ0v) is 24.1. The van der Waals surface area contributed by atoms with E-state index in [1.165, 1.54) is 67.3 Å². The Morgan fingerprint density at radius 2 is 1.62 bits per heavy atom. The molecule has 4 aromatic rings. The fraction of sp³-hybridized carbons (Fsp3) is 0.211. The van der Waals surface area contributed by atoms with Gasteiger partial charge >= 0.3 is 0 Å². The molecule has 2 atom stereocenters. The van der Waals surface area contributed by atoms with Gasteiger partial charge in [-0.05, 0) is 98.2 Å². The standard InChI is InChI=1S/C35H32.C3H6S/c1-4-23(3)25-13-15-26(16-14-25)33-22-35-30(19-24(33)5-2)17-18-32-31(35)12-8-11-29-20-27-9-6-7-10-28(27)21-34(29)32;1-2-3-4/h5-10,12-18,20-24H,2,4,11,19H2,1,3H3;2,4H,1,3H2. The summed E-state index contributed by atoms with van der Waals surface area (Å²) in [6, 6.07) is 27.4. The highest BCUT2D eigenvalue weighted by atomic mass is 32.1. The van der Waals surface area contributed by atoms with Crippen molar-refractivity contribution in [2.45, 2.75) is 39.0 Å². The number of hydrogen-bond donors (Lipinski definition) is 1. The van der Waals surface area contributed by atoms with Crippen LogP contribution >= 0.6 is 12.6 Å². The average Bonchev–Trinajstić information content (AvgIpc) is 3.18. The molecule has 0 nitrogen and oxygen atoms in total. The summed E-state index contributed by atoms with van der Waals surface area (Å²) >= 11 is 3.80. The van der Waals surface area contributed by atoms with Crippen LogP contribution < -0.4 is 0 Å². The molecule has 39 heavy (non-hydrogen) atoms. The zero-order valence-electron chi connectivity index (χ0n) is 23.2. The highest BCUT2D eigenvalue weighted by molar-refractivity contribution is 7.80. The highest BCUT2D eigenvalue weighted by Crippen LogP contribution is 2.43. The lowest BCUT2D eigenvalue weighted by Crippen LogP contribution is -2.12. The number of fused-ring (bicyclic) bond motifs is 6. The van der Waals surface area contributed by atoms with Crippen LogP contribution in [0.15, 0.2) is 104 Å². The first-order chi connectivity index (χ1) is 19.1. The van der Waals surface area contributed by atoms with Crippen LogP contribution in [-0.4, -0.2) is 5.75 Å². The topological polar surface area (TPSA) is 0 Å². The van der Waals surface area contributed by atoms with Gasteiger partial charge in [-0.25, -0.2) is 0 Å². The molecule has 196 valence electrons. The van der Waals surface area contributed by atoms with Gasteiger partial charge in [0, 0.05) is 11.7 Å². The lowest BCUT2D eigenvalue weighted by molar-refractivity contribution is 0.733. The molecule has 0 aromatic heterocycles. The van der Waals surface area contributed by atoms with Crippen molar-refractivity contribution in [2.75, 3.05) is 5.75 Å².